The van der Waals surface area contributed by atoms with Crippen LogP contribution in [0, 0.1) is 0 Å². The van der Waals surface area contributed by atoms with E-state index in [1.165, 1.54) is 0 Å². The summed E-state index contributed by atoms with van der Waals surface area (Å²) in [6.07, 6.45) is -4.64. The van der Waals surface area contributed by atoms with E-state index in [0.717, 1.165) is 12.1 Å². The third kappa shape index (κ3) is 3.07. The molecule has 0 saturated carbocycles. The molecule has 0 fully saturated rings. The van der Waals surface area contributed by atoms with Gasteiger partial charge in [0.15, 0.2) is 5.75 Å². The molecule has 0 unspecified atom stereocenters. The highest BCUT2D eigenvalue weighted by atomic mass is 79.9. The summed E-state index contributed by atoms with van der Waals surface area (Å²) in [7, 11) is 0. The van der Waals surface area contributed by atoms with Crippen LogP contribution in [0.4, 0.5) is 22.0 Å². The van der Waals surface area contributed by atoms with Crippen LogP contribution in [0.15, 0.2) is 21.1 Å². The first-order chi connectivity index (χ1) is 7.23. The van der Waals surface area contributed by atoms with Gasteiger partial charge in [-0.15, -0.1) is 0 Å². The van der Waals surface area contributed by atoms with Crippen molar-refractivity contribution < 1.29 is 26.7 Å². The highest BCUT2D eigenvalue weighted by Crippen LogP contribution is 2.43. The number of rotatable bonds is 2. The molecule has 16 heavy (non-hydrogen) atoms. The Balaban J connectivity index is 3.27. The van der Waals surface area contributed by atoms with Gasteiger partial charge in [0.1, 0.15) is 0 Å². The average molecular weight is 370 g/mol. The minimum absolute atomic E-state index is 0.00711. The van der Waals surface area contributed by atoms with E-state index in [4.69, 9.17) is 0 Å². The van der Waals surface area contributed by atoms with Crippen LogP contribution in [0.2, 0.25) is 0 Å². The van der Waals surface area contributed by atoms with Gasteiger partial charge >= 0.3 is 12.8 Å². The molecule has 0 aliphatic rings. The zero-order valence-corrected chi connectivity index (χ0v) is 10.5. The van der Waals surface area contributed by atoms with Crippen LogP contribution in [-0.4, -0.2) is 6.61 Å². The summed E-state index contributed by atoms with van der Waals surface area (Å²) < 4.78 is 64.6. The first-order valence-electron chi connectivity index (χ1n) is 3.73. The van der Waals surface area contributed by atoms with Crippen molar-refractivity contribution in [1.82, 2.24) is 0 Å². The maximum atomic E-state index is 12.4. The second kappa shape index (κ2) is 4.87. The molecule has 0 spiro atoms. The van der Waals surface area contributed by atoms with Gasteiger partial charge in [0.05, 0.1) is 14.5 Å². The molecule has 0 bridgehead atoms. The number of ether oxygens (including phenoxy) is 1. The fraction of sp³-hybridized carbons (Fsp3) is 0.250. The first kappa shape index (κ1) is 13.7. The van der Waals surface area contributed by atoms with E-state index in [1.807, 2.05) is 0 Å². The highest BCUT2D eigenvalue weighted by molar-refractivity contribution is 9.11. The van der Waals surface area contributed by atoms with Crippen molar-refractivity contribution in [2.45, 2.75) is 12.8 Å². The Morgan fingerprint density at radius 1 is 1.12 bits per heavy atom. The van der Waals surface area contributed by atoms with Crippen LogP contribution in [0.3, 0.4) is 0 Å². The van der Waals surface area contributed by atoms with E-state index in [1.54, 1.807) is 0 Å². The number of alkyl halides is 5. The van der Waals surface area contributed by atoms with E-state index in [-0.39, 0.29) is 4.47 Å². The van der Waals surface area contributed by atoms with Crippen molar-refractivity contribution in [2.75, 3.05) is 0 Å². The van der Waals surface area contributed by atoms with E-state index in [0.29, 0.717) is 0 Å². The zero-order valence-electron chi connectivity index (χ0n) is 7.29. The summed E-state index contributed by atoms with van der Waals surface area (Å²) >= 11 is 5.41. The summed E-state index contributed by atoms with van der Waals surface area (Å²) in [5.41, 5.74) is -1.08. The van der Waals surface area contributed by atoms with E-state index in [9.17, 15) is 22.0 Å². The molecule has 0 N–H and O–H groups in total. The minimum Gasteiger partial charge on any atom is -0.432 e. The molecule has 90 valence electrons. The molecule has 0 amide bonds. The monoisotopic (exact) mass is 368 g/mol. The molecule has 1 aromatic carbocycles. The zero-order chi connectivity index (χ0) is 12.5. The summed E-state index contributed by atoms with van der Waals surface area (Å²) in [5.74, 6) is -0.579. The molecule has 8 heteroatoms. The smallest absolute Gasteiger partial charge is 0.417 e. The molecule has 0 aromatic heterocycles. The molecule has 0 aliphatic carbocycles. The highest BCUT2D eigenvalue weighted by Gasteiger charge is 2.35. The van der Waals surface area contributed by atoms with Gasteiger partial charge < -0.3 is 4.74 Å². The molecular weight excluding hydrogens is 367 g/mol. The van der Waals surface area contributed by atoms with E-state index >= 15 is 0 Å². The van der Waals surface area contributed by atoms with Gasteiger partial charge in [0, 0.05) is 0 Å². The number of hydrogen-bond acceptors (Lipinski definition) is 1. The average Bonchev–Trinajstić information content (AvgIpc) is 2.09. The standard InChI is InChI=1S/C8H3Br2F5O/c9-4-2-1-3(8(13,14)15)5(10)6(4)16-7(11)12/h1-2,7H. The molecule has 0 aliphatic heterocycles. The molecular formula is C8H3Br2F5O. The number of halogens is 7. The Kier molecular flexibility index (Phi) is 4.17. The lowest BCUT2D eigenvalue weighted by Gasteiger charge is -2.14. The van der Waals surface area contributed by atoms with Crippen LogP contribution in [0.5, 0.6) is 5.75 Å². The summed E-state index contributed by atoms with van der Waals surface area (Å²) in [6, 6.07) is 1.75. The Morgan fingerprint density at radius 2 is 1.69 bits per heavy atom. The van der Waals surface area contributed by atoms with Crippen molar-refractivity contribution in [3.8, 4) is 5.75 Å². The van der Waals surface area contributed by atoms with Gasteiger partial charge in [0.25, 0.3) is 0 Å². The fourth-order valence-corrected chi connectivity index (χ4v) is 2.30. The molecule has 1 aromatic rings. The van der Waals surface area contributed by atoms with E-state index in [2.05, 4.69) is 36.6 Å². The first-order valence-corrected chi connectivity index (χ1v) is 5.32. The second-order valence-corrected chi connectivity index (χ2v) is 4.26. The quantitative estimate of drug-likeness (QED) is 0.678. The fourth-order valence-electron chi connectivity index (χ4n) is 0.949. The van der Waals surface area contributed by atoms with Crippen LogP contribution < -0.4 is 4.74 Å². The van der Waals surface area contributed by atoms with Gasteiger partial charge in [-0.1, -0.05) is 0 Å². The topological polar surface area (TPSA) is 9.23 Å². The second-order valence-electron chi connectivity index (χ2n) is 2.61. The summed E-state index contributed by atoms with van der Waals surface area (Å²) in [5, 5.41) is 0. The van der Waals surface area contributed by atoms with E-state index < -0.39 is 28.6 Å². The van der Waals surface area contributed by atoms with Crippen LogP contribution in [-0.2, 0) is 6.18 Å². The summed E-state index contributed by atoms with van der Waals surface area (Å²) in [6.45, 7) is -3.20. The normalized spacial score (nSPS) is 12.0. The Bertz CT molecular complexity index is 391. The third-order valence-corrected chi connectivity index (χ3v) is 2.97. The van der Waals surface area contributed by atoms with Crippen molar-refractivity contribution in [2.24, 2.45) is 0 Å². The predicted octanol–water partition coefficient (Wildman–Crippen LogP) is 4.83. The maximum Gasteiger partial charge on any atom is 0.417 e. The van der Waals surface area contributed by atoms with Gasteiger partial charge in [-0.3, -0.25) is 0 Å². The largest absolute Gasteiger partial charge is 0.432 e. The van der Waals surface area contributed by atoms with Gasteiger partial charge in [-0.05, 0) is 44.0 Å². The van der Waals surface area contributed by atoms with Gasteiger partial charge in [0.2, 0.25) is 0 Å². The SMILES string of the molecule is FC(F)Oc1c(Br)ccc(C(F)(F)F)c1Br. The Hall–Kier alpha value is -0.370. The van der Waals surface area contributed by atoms with Crippen molar-refractivity contribution >= 4 is 31.9 Å². The molecule has 0 atom stereocenters. The number of benzene rings is 1. The molecule has 0 heterocycles. The van der Waals surface area contributed by atoms with Crippen LogP contribution >= 0.6 is 31.9 Å². The van der Waals surface area contributed by atoms with Crippen molar-refractivity contribution in [3.05, 3.63) is 26.6 Å². The lowest BCUT2D eigenvalue weighted by atomic mass is 10.2. The Labute approximate surface area is 104 Å². The predicted molar refractivity (Wildman–Crippen MR) is 53.5 cm³/mol. The molecule has 1 nitrogen and oxygen atoms in total. The van der Waals surface area contributed by atoms with Crippen LogP contribution in [0.1, 0.15) is 5.56 Å². The Morgan fingerprint density at radius 3 is 2.12 bits per heavy atom. The van der Waals surface area contributed by atoms with Crippen molar-refractivity contribution in [1.29, 1.82) is 0 Å². The van der Waals surface area contributed by atoms with Crippen molar-refractivity contribution in [3.63, 3.8) is 0 Å². The third-order valence-electron chi connectivity index (χ3n) is 1.56. The maximum absolute atomic E-state index is 12.4. The lowest BCUT2D eigenvalue weighted by Crippen LogP contribution is -2.09. The van der Waals surface area contributed by atoms with Gasteiger partial charge in [-0.2, -0.15) is 22.0 Å². The minimum atomic E-state index is -4.64. The molecule has 0 saturated heterocycles. The lowest BCUT2D eigenvalue weighted by molar-refractivity contribution is -0.138. The van der Waals surface area contributed by atoms with Gasteiger partial charge in [-0.25, -0.2) is 0 Å². The molecule has 0 radical (unpaired) electrons. The van der Waals surface area contributed by atoms with Crippen LogP contribution in [0.25, 0.3) is 0 Å². The number of hydrogen-bond donors (Lipinski definition) is 0. The molecule has 1 rings (SSSR count). The summed E-state index contributed by atoms with van der Waals surface area (Å²) in [4.78, 5) is 0.